The van der Waals surface area contributed by atoms with Gasteiger partial charge in [0.05, 0.1) is 0 Å². The van der Waals surface area contributed by atoms with Crippen molar-refractivity contribution in [2.45, 2.75) is 66.2 Å². The summed E-state index contributed by atoms with van der Waals surface area (Å²) >= 11 is 3.09. The average molecular weight is 905 g/mol. The first-order valence-electron chi connectivity index (χ1n) is 13.8. The van der Waals surface area contributed by atoms with E-state index in [1.54, 1.807) is 0 Å². The first kappa shape index (κ1) is 35.1. The Balaban J connectivity index is 0.000000278. The van der Waals surface area contributed by atoms with Gasteiger partial charge in [-0.15, -0.1) is 0 Å². The summed E-state index contributed by atoms with van der Waals surface area (Å²) in [5, 5.41) is 0. The van der Waals surface area contributed by atoms with Gasteiger partial charge in [0.2, 0.25) is 0 Å². The van der Waals surface area contributed by atoms with Crippen molar-refractivity contribution in [2.75, 3.05) is 22.9 Å². The van der Waals surface area contributed by atoms with E-state index in [1.165, 1.54) is 35.2 Å². The standard InChI is InChI=1S/C23H29I2N2.C11H13.2ClH.Ru/c1-22(2,3)16-9-17(23(4,5)6)11-20(10-16)26-7-8-27(15-26)21-13-18(24)12-19(25)14-21;1-9(2)8-11-7-5-4-6-10(11)3;;;/h9-15H,7-8H2,1-6H3;3-9H,1-2H3;2*1H;/q-1;+1;;;+2/p-2. The van der Waals surface area contributed by atoms with Crippen LogP contribution in [0.25, 0.3) is 0 Å². The summed E-state index contributed by atoms with van der Waals surface area (Å²) < 4.78 is 4.55. The number of halogens is 4. The van der Waals surface area contributed by atoms with Crippen LogP contribution < -0.4 is 9.80 Å². The van der Waals surface area contributed by atoms with Crippen molar-refractivity contribution in [3.63, 3.8) is 0 Å². The van der Waals surface area contributed by atoms with Crippen molar-refractivity contribution in [1.29, 1.82) is 0 Å². The van der Waals surface area contributed by atoms with Gasteiger partial charge in [0.15, 0.2) is 0 Å². The molecular weight excluding hydrogens is 862 g/mol. The van der Waals surface area contributed by atoms with Crippen LogP contribution in [-0.4, -0.2) is 17.7 Å². The quantitative estimate of drug-likeness (QED) is 0.143. The molecule has 3 aromatic carbocycles. The van der Waals surface area contributed by atoms with E-state index in [0.717, 1.165) is 18.7 Å². The van der Waals surface area contributed by atoms with E-state index < -0.39 is 13.5 Å². The molecule has 7 heteroatoms. The summed E-state index contributed by atoms with van der Waals surface area (Å²) in [4.78, 5) is 4.77. The molecule has 0 spiro atoms. The van der Waals surface area contributed by atoms with Gasteiger partial charge in [-0.25, -0.2) is 0 Å². The Hall–Kier alpha value is -0.337. The monoisotopic (exact) mass is 904 g/mol. The number of benzene rings is 3. The molecule has 224 valence electrons. The zero-order valence-electron chi connectivity index (χ0n) is 25.3. The van der Waals surface area contributed by atoms with E-state index in [0.29, 0.717) is 5.92 Å². The van der Waals surface area contributed by atoms with Crippen LogP contribution in [-0.2, 0) is 24.3 Å². The van der Waals surface area contributed by atoms with Crippen LogP contribution >= 0.6 is 64.6 Å². The first-order chi connectivity index (χ1) is 19.0. The first-order valence-corrected chi connectivity index (χ1v) is 21.4. The minimum absolute atomic E-state index is 0.140. The zero-order chi connectivity index (χ0) is 30.5. The molecule has 1 aliphatic rings. The molecule has 41 heavy (non-hydrogen) atoms. The number of anilines is 2. The Morgan fingerprint density at radius 2 is 1.29 bits per heavy atom. The Kier molecular flexibility index (Phi) is 12.9. The van der Waals surface area contributed by atoms with Crippen LogP contribution in [0.2, 0.25) is 0 Å². The van der Waals surface area contributed by atoms with Crippen molar-refractivity contribution in [3.05, 3.63) is 103 Å². The molecule has 0 unspecified atom stereocenters. The molecule has 1 saturated heterocycles. The molecule has 1 fully saturated rings. The third-order valence-electron chi connectivity index (χ3n) is 6.72. The molecule has 1 aliphatic heterocycles. The zero-order valence-corrected chi connectivity index (χ0v) is 32.8. The fourth-order valence-corrected chi connectivity index (χ4v) is 8.19. The van der Waals surface area contributed by atoms with Crippen LogP contribution in [0.4, 0.5) is 11.4 Å². The van der Waals surface area contributed by atoms with Gasteiger partial charge in [-0.05, 0) is 97.5 Å². The van der Waals surface area contributed by atoms with Crippen LogP contribution in [0.3, 0.4) is 0 Å². The molecule has 1 heterocycles. The van der Waals surface area contributed by atoms with Crippen LogP contribution in [0.15, 0.2) is 60.7 Å². The molecule has 3 aromatic rings. The number of hydrogen-bond donors (Lipinski definition) is 0. The summed E-state index contributed by atoms with van der Waals surface area (Å²) in [5.41, 5.74) is 8.04. The van der Waals surface area contributed by atoms with E-state index in [-0.39, 0.29) is 10.8 Å². The van der Waals surface area contributed by atoms with Gasteiger partial charge in [0, 0.05) is 31.6 Å². The van der Waals surface area contributed by atoms with E-state index in [1.807, 2.05) is 16.7 Å². The van der Waals surface area contributed by atoms with Gasteiger partial charge in [0.25, 0.3) is 0 Å². The van der Waals surface area contributed by atoms with Gasteiger partial charge in [-0.1, -0.05) is 47.6 Å². The summed E-state index contributed by atoms with van der Waals surface area (Å²) in [7, 11) is 11.7. The van der Waals surface area contributed by atoms with Gasteiger partial charge < -0.3 is 9.80 Å². The Bertz CT molecular complexity index is 1300. The topological polar surface area (TPSA) is 6.48 Å². The third kappa shape index (κ3) is 11.0. The van der Waals surface area contributed by atoms with Crippen molar-refractivity contribution in [3.8, 4) is 0 Å². The maximum atomic E-state index is 5.86. The Labute approximate surface area is 289 Å². The van der Waals surface area contributed by atoms with E-state index in [9.17, 15) is 0 Å². The summed E-state index contributed by atoms with van der Waals surface area (Å²) in [6.45, 7) is 22.4. The maximum absolute atomic E-state index is 5.86. The fraction of sp³-hybridized carbons (Fsp3) is 0.382. The fourth-order valence-electron chi connectivity index (χ4n) is 4.44. The number of rotatable bonds is 5. The van der Waals surface area contributed by atoms with Crippen molar-refractivity contribution >= 4 is 80.5 Å². The molecule has 2 nitrogen and oxygen atoms in total. The average Bonchev–Trinajstić information content (AvgIpc) is 3.34. The molecule has 0 bridgehead atoms. The summed E-state index contributed by atoms with van der Waals surface area (Å²) in [6.07, 6.45) is 2.22. The minimum atomic E-state index is -1.71. The molecule has 0 aromatic heterocycles. The van der Waals surface area contributed by atoms with Crippen molar-refractivity contribution in [2.24, 2.45) is 5.92 Å². The van der Waals surface area contributed by atoms with Gasteiger partial charge >= 0.3 is 99.1 Å². The molecule has 4 rings (SSSR count). The van der Waals surface area contributed by atoms with Crippen LogP contribution in [0, 0.1) is 26.1 Å². The van der Waals surface area contributed by atoms with Crippen LogP contribution in [0.1, 0.15) is 77.6 Å². The van der Waals surface area contributed by atoms with Gasteiger partial charge in [0.1, 0.15) is 0 Å². The molecule has 0 amide bonds. The Morgan fingerprint density at radius 1 is 0.805 bits per heavy atom. The SMILES string of the molecule is CC(C)(C)c1cc(N2[CH-]N(c3cc(I)cc(I)c3)CC2)cc(C(C)(C)C)c1.CC(C)[CH+]c1ccccc1[CH]=[Ru]([Cl])[Cl]. The number of hydrogen-bond acceptors (Lipinski definition) is 2. The van der Waals surface area contributed by atoms with E-state index in [2.05, 4.69) is 172 Å². The summed E-state index contributed by atoms with van der Waals surface area (Å²) in [5.74, 6) is 0.538. The summed E-state index contributed by atoms with van der Waals surface area (Å²) in [6, 6.07) is 22.0. The van der Waals surface area contributed by atoms with E-state index >= 15 is 0 Å². The molecule has 0 N–H and O–H groups in total. The van der Waals surface area contributed by atoms with Crippen molar-refractivity contribution < 1.29 is 13.5 Å². The third-order valence-corrected chi connectivity index (χ3v) is 9.80. The molecule has 0 atom stereocenters. The molecule has 0 saturated carbocycles. The van der Waals surface area contributed by atoms with E-state index in [4.69, 9.17) is 19.4 Å². The van der Waals surface area contributed by atoms with Crippen LogP contribution in [0.5, 0.6) is 0 Å². The van der Waals surface area contributed by atoms with Gasteiger partial charge in [-0.2, -0.15) is 6.67 Å². The molecular formula is C34H42Cl2I2N2Ru. The van der Waals surface area contributed by atoms with Gasteiger partial charge in [-0.3, -0.25) is 0 Å². The van der Waals surface area contributed by atoms with Crippen molar-refractivity contribution in [1.82, 2.24) is 0 Å². The second-order valence-electron chi connectivity index (χ2n) is 12.7. The second kappa shape index (κ2) is 15.1. The predicted octanol–water partition coefficient (Wildman–Crippen LogP) is 10.9. The molecule has 0 radical (unpaired) electrons. The Morgan fingerprint density at radius 3 is 1.76 bits per heavy atom. The molecule has 0 aliphatic carbocycles. The normalized spacial score (nSPS) is 14.1. The predicted molar refractivity (Wildman–Crippen MR) is 196 cm³/mol. The number of nitrogens with zero attached hydrogens (tertiary/aromatic N) is 2. The second-order valence-corrected chi connectivity index (χ2v) is 21.0.